The SMILES string of the molecule is Cc1cccnc1NC(=O)c1c[nH]c2c1-c1nccn1C(C)(C)C2. The minimum Gasteiger partial charge on any atom is -0.364 e. The largest absolute Gasteiger partial charge is 0.364 e. The van der Waals surface area contributed by atoms with Crippen LogP contribution >= 0.6 is 0 Å². The predicted octanol–water partition coefficient (Wildman–Crippen LogP) is 3.13. The van der Waals surface area contributed by atoms with Crippen LogP contribution in [0.4, 0.5) is 5.82 Å². The summed E-state index contributed by atoms with van der Waals surface area (Å²) in [5, 5.41) is 2.90. The molecule has 122 valence electrons. The second-order valence-electron chi connectivity index (χ2n) is 6.79. The van der Waals surface area contributed by atoms with Gasteiger partial charge >= 0.3 is 0 Å². The van der Waals surface area contributed by atoms with Gasteiger partial charge in [0, 0.05) is 42.4 Å². The maximum absolute atomic E-state index is 12.8. The minimum absolute atomic E-state index is 0.0744. The van der Waals surface area contributed by atoms with E-state index in [1.165, 1.54) is 0 Å². The summed E-state index contributed by atoms with van der Waals surface area (Å²) in [7, 11) is 0. The van der Waals surface area contributed by atoms with Gasteiger partial charge in [0.05, 0.1) is 11.1 Å². The van der Waals surface area contributed by atoms with Crippen LogP contribution in [0.1, 0.15) is 35.5 Å². The molecule has 0 bridgehead atoms. The van der Waals surface area contributed by atoms with Crippen molar-refractivity contribution in [3.63, 3.8) is 0 Å². The number of fused-ring (bicyclic) bond motifs is 3. The Bertz CT molecular complexity index is 935. The van der Waals surface area contributed by atoms with E-state index in [0.717, 1.165) is 29.1 Å². The number of pyridine rings is 1. The summed E-state index contributed by atoms with van der Waals surface area (Å²) in [6, 6.07) is 3.77. The number of nitrogens with zero attached hydrogens (tertiary/aromatic N) is 3. The third-order valence-corrected chi connectivity index (χ3v) is 4.57. The molecule has 6 heteroatoms. The number of carbonyl (C=O) groups excluding carboxylic acids is 1. The number of carbonyl (C=O) groups is 1. The average Bonchev–Trinajstić information content (AvgIpc) is 3.15. The number of rotatable bonds is 2. The van der Waals surface area contributed by atoms with E-state index in [4.69, 9.17) is 0 Å². The topological polar surface area (TPSA) is 75.6 Å². The zero-order valence-electron chi connectivity index (χ0n) is 13.9. The summed E-state index contributed by atoms with van der Waals surface area (Å²) < 4.78 is 2.13. The van der Waals surface area contributed by atoms with Crippen molar-refractivity contribution in [2.75, 3.05) is 5.32 Å². The molecule has 0 fully saturated rings. The Balaban J connectivity index is 1.75. The molecule has 0 aromatic carbocycles. The first kappa shape index (κ1) is 14.7. The van der Waals surface area contributed by atoms with Gasteiger partial charge < -0.3 is 14.9 Å². The lowest BCUT2D eigenvalue weighted by atomic mass is 9.90. The summed E-state index contributed by atoms with van der Waals surface area (Å²) in [6.07, 6.45) is 8.00. The highest BCUT2D eigenvalue weighted by molar-refractivity contribution is 6.08. The first-order valence-electron chi connectivity index (χ1n) is 7.95. The van der Waals surface area contributed by atoms with Gasteiger partial charge in [0.1, 0.15) is 11.6 Å². The lowest BCUT2D eigenvalue weighted by Gasteiger charge is -2.32. The maximum atomic E-state index is 12.8. The highest BCUT2D eigenvalue weighted by atomic mass is 16.1. The van der Waals surface area contributed by atoms with Crippen molar-refractivity contribution in [1.29, 1.82) is 0 Å². The normalized spacial score (nSPS) is 14.8. The first-order valence-corrected chi connectivity index (χ1v) is 7.95. The number of anilines is 1. The molecular weight excluding hydrogens is 302 g/mol. The molecule has 0 spiro atoms. The van der Waals surface area contributed by atoms with E-state index in [1.54, 1.807) is 18.6 Å². The number of nitrogens with one attached hydrogen (secondary N) is 2. The number of hydrogen-bond acceptors (Lipinski definition) is 3. The third kappa shape index (κ3) is 2.14. The first-order chi connectivity index (χ1) is 11.5. The Morgan fingerprint density at radius 2 is 2.17 bits per heavy atom. The third-order valence-electron chi connectivity index (χ3n) is 4.57. The summed E-state index contributed by atoms with van der Waals surface area (Å²) in [5.41, 5.74) is 3.37. The molecular formula is C18H19N5O. The van der Waals surface area contributed by atoms with Crippen molar-refractivity contribution >= 4 is 11.7 Å². The maximum Gasteiger partial charge on any atom is 0.259 e. The van der Waals surface area contributed by atoms with Crippen molar-refractivity contribution in [2.24, 2.45) is 0 Å². The van der Waals surface area contributed by atoms with Crippen LogP contribution < -0.4 is 5.32 Å². The van der Waals surface area contributed by atoms with Crippen molar-refractivity contribution in [1.82, 2.24) is 19.5 Å². The molecule has 0 radical (unpaired) electrons. The van der Waals surface area contributed by atoms with Crippen LogP contribution in [0.3, 0.4) is 0 Å². The molecule has 0 saturated carbocycles. The molecule has 4 heterocycles. The van der Waals surface area contributed by atoms with Crippen LogP contribution in [0.2, 0.25) is 0 Å². The molecule has 2 N–H and O–H groups in total. The number of aryl methyl sites for hydroxylation is 1. The van der Waals surface area contributed by atoms with E-state index in [-0.39, 0.29) is 11.4 Å². The number of aromatic amines is 1. The number of hydrogen-bond donors (Lipinski definition) is 2. The summed E-state index contributed by atoms with van der Waals surface area (Å²) in [5.74, 6) is 1.23. The lowest BCUT2D eigenvalue weighted by Crippen LogP contribution is -2.33. The molecule has 6 nitrogen and oxygen atoms in total. The summed E-state index contributed by atoms with van der Waals surface area (Å²) >= 11 is 0. The monoisotopic (exact) mass is 321 g/mol. The van der Waals surface area contributed by atoms with Gasteiger partial charge in [0.15, 0.2) is 0 Å². The van der Waals surface area contributed by atoms with Crippen molar-refractivity contribution in [3.05, 3.63) is 53.7 Å². The minimum atomic E-state index is -0.177. The van der Waals surface area contributed by atoms with Crippen molar-refractivity contribution in [3.8, 4) is 11.4 Å². The molecule has 3 aromatic rings. The molecule has 4 rings (SSSR count). The van der Waals surface area contributed by atoms with Gasteiger partial charge in [-0.2, -0.15) is 0 Å². The number of aromatic nitrogens is 4. The van der Waals surface area contributed by atoms with Gasteiger partial charge in [-0.05, 0) is 32.4 Å². The van der Waals surface area contributed by atoms with Crippen LogP contribution in [0.25, 0.3) is 11.4 Å². The smallest absolute Gasteiger partial charge is 0.259 e. The Hall–Kier alpha value is -2.89. The lowest BCUT2D eigenvalue weighted by molar-refractivity contribution is 0.102. The van der Waals surface area contributed by atoms with Crippen molar-refractivity contribution in [2.45, 2.75) is 32.7 Å². The number of imidazole rings is 1. The fourth-order valence-corrected chi connectivity index (χ4v) is 3.33. The Kier molecular flexibility index (Phi) is 3.09. The van der Waals surface area contributed by atoms with Crippen molar-refractivity contribution < 1.29 is 4.79 Å². The average molecular weight is 321 g/mol. The van der Waals surface area contributed by atoms with E-state index in [9.17, 15) is 4.79 Å². The molecule has 0 saturated heterocycles. The number of H-pyrrole nitrogens is 1. The standard InChI is InChI=1S/C18H19N5O/c1-11-5-4-6-19-15(11)22-17(24)12-10-21-13-9-18(2,3)23-8-7-20-16(23)14(12)13/h4-8,10,21H,9H2,1-3H3,(H,19,22,24). The van der Waals surface area contributed by atoms with E-state index in [0.29, 0.717) is 11.4 Å². The van der Waals surface area contributed by atoms with Gasteiger partial charge in [-0.15, -0.1) is 0 Å². The fraction of sp³-hybridized carbons (Fsp3) is 0.278. The van der Waals surface area contributed by atoms with Gasteiger partial charge in [0.2, 0.25) is 0 Å². The van der Waals surface area contributed by atoms with E-state index >= 15 is 0 Å². The van der Waals surface area contributed by atoms with Crippen LogP contribution in [0.15, 0.2) is 36.9 Å². The Labute approximate surface area is 140 Å². The highest BCUT2D eigenvalue weighted by Crippen LogP contribution is 2.38. The van der Waals surface area contributed by atoms with E-state index in [2.05, 4.69) is 38.7 Å². The van der Waals surface area contributed by atoms with Crippen LogP contribution in [0, 0.1) is 6.92 Å². The van der Waals surface area contributed by atoms with Crippen LogP contribution in [-0.2, 0) is 12.0 Å². The van der Waals surface area contributed by atoms with Crippen LogP contribution in [0.5, 0.6) is 0 Å². The highest BCUT2D eigenvalue weighted by Gasteiger charge is 2.34. The quantitative estimate of drug-likeness (QED) is 0.761. The summed E-state index contributed by atoms with van der Waals surface area (Å²) in [4.78, 5) is 24.8. The predicted molar refractivity (Wildman–Crippen MR) is 92.0 cm³/mol. The molecule has 1 aliphatic heterocycles. The Morgan fingerprint density at radius 1 is 1.33 bits per heavy atom. The van der Waals surface area contributed by atoms with E-state index in [1.807, 2.05) is 25.3 Å². The molecule has 24 heavy (non-hydrogen) atoms. The molecule has 0 aliphatic carbocycles. The van der Waals surface area contributed by atoms with Gasteiger partial charge in [-0.25, -0.2) is 9.97 Å². The van der Waals surface area contributed by atoms with E-state index < -0.39 is 0 Å². The van der Waals surface area contributed by atoms with Gasteiger partial charge in [0.25, 0.3) is 5.91 Å². The fourth-order valence-electron chi connectivity index (χ4n) is 3.33. The molecule has 0 unspecified atom stereocenters. The number of amides is 1. The summed E-state index contributed by atoms with van der Waals surface area (Å²) in [6.45, 7) is 6.25. The molecule has 1 amide bonds. The molecule has 1 aliphatic rings. The Morgan fingerprint density at radius 3 is 2.96 bits per heavy atom. The zero-order chi connectivity index (χ0) is 16.9. The second kappa shape index (κ2) is 5.06. The van der Waals surface area contributed by atoms with Crippen LogP contribution in [-0.4, -0.2) is 25.4 Å². The second-order valence-corrected chi connectivity index (χ2v) is 6.79. The van der Waals surface area contributed by atoms with Gasteiger partial charge in [-0.1, -0.05) is 6.07 Å². The molecule has 3 aromatic heterocycles. The van der Waals surface area contributed by atoms with Gasteiger partial charge in [-0.3, -0.25) is 4.79 Å². The zero-order valence-corrected chi connectivity index (χ0v) is 13.9. The molecule has 0 atom stereocenters.